The SMILES string of the molecule is O=C(NCC1CC1)c1csc(-c2ccc(OCc3ccc(F)cc3F)cc2F)n1. The second-order valence-corrected chi connectivity index (χ2v) is 7.72. The Hall–Kier alpha value is -2.87. The van der Waals surface area contributed by atoms with Gasteiger partial charge in [0, 0.05) is 35.2 Å². The first-order valence-corrected chi connectivity index (χ1v) is 9.98. The maximum Gasteiger partial charge on any atom is 0.270 e. The summed E-state index contributed by atoms with van der Waals surface area (Å²) < 4.78 is 46.5. The molecule has 4 rings (SSSR count). The lowest BCUT2D eigenvalue weighted by atomic mass is 10.2. The number of hydrogen-bond donors (Lipinski definition) is 1. The molecule has 0 spiro atoms. The number of thiazole rings is 1. The molecular formula is C21H17F3N2O2S. The van der Waals surface area contributed by atoms with E-state index in [0.29, 0.717) is 17.5 Å². The van der Waals surface area contributed by atoms with Gasteiger partial charge in [-0.3, -0.25) is 4.79 Å². The van der Waals surface area contributed by atoms with E-state index < -0.39 is 17.5 Å². The largest absolute Gasteiger partial charge is 0.489 e. The van der Waals surface area contributed by atoms with Crippen molar-refractivity contribution in [3.63, 3.8) is 0 Å². The zero-order valence-corrected chi connectivity index (χ0v) is 16.1. The second kappa shape index (κ2) is 8.24. The average Bonchev–Trinajstić information content (AvgIpc) is 3.40. The quantitative estimate of drug-likeness (QED) is 0.591. The first kappa shape index (κ1) is 19.4. The summed E-state index contributed by atoms with van der Waals surface area (Å²) in [6.45, 7) is 0.480. The molecule has 0 saturated heterocycles. The standard InChI is InChI=1S/C21H17F3N2O2S/c22-14-4-3-13(17(23)7-14)10-28-15-5-6-16(18(24)8-15)21-26-19(11-29-21)20(27)25-9-12-1-2-12/h3-8,11-12H,1-2,9-10H2,(H,25,27). The van der Waals surface area contributed by atoms with Crippen molar-refractivity contribution >= 4 is 17.2 Å². The van der Waals surface area contributed by atoms with Crippen molar-refractivity contribution in [3.05, 3.63) is 70.5 Å². The normalized spacial score (nSPS) is 13.3. The first-order valence-electron chi connectivity index (χ1n) is 9.10. The Labute approximate surface area is 169 Å². The van der Waals surface area contributed by atoms with Gasteiger partial charge >= 0.3 is 0 Å². The molecule has 0 radical (unpaired) electrons. The monoisotopic (exact) mass is 418 g/mol. The smallest absolute Gasteiger partial charge is 0.270 e. The van der Waals surface area contributed by atoms with Gasteiger partial charge in [0.25, 0.3) is 5.91 Å². The Balaban J connectivity index is 1.42. The molecule has 0 unspecified atom stereocenters. The second-order valence-electron chi connectivity index (χ2n) is 6.86. The van der Waals surface area contributed by atoms with Gasteiger partial charge in [-0.05, 0) is 43.0 Å². The molecule has 1 aromatic heterocycles. The number of amides is 1. The van der Waals surface area contributed by atoms with Crippen LogP contribution in [0.15, 0.2) is 41.8 Å². The summed E-state index contributed by atoms with van der Waals surface area (Å²) in [5.74, 6) is -1.47. The molecule has 2 aromatic carbocycles. The molecular weight excluding hydrogens is 401 g/mol. The van der Waals surface area contributed by atoms with Crippen molar-refractivity contribution in [3.8, 4) is 16.3 Å². The highest BCUT2D eigenvalue weighted by molar-refractivity contribution is 7.13. The zero-order valence-electron chi connectivity index (χ0n) is 15.3. The van der Waals surface area contributed by atoms with Crippen LogP contribution in [0.25, 0.3) is 10.6 Å². The number of benzene rings is 2. The summed E-state index contributed by atoms with van der Waals surface area (Å²) in [5.41, 5.74) is 0.673. The van der Waals surface area contributed by atoms with Crippen LogP contribution in [0, 0.1) is 23.4 Å². The van der Waals surface area contributed by atoms with E-state index in [1.165, 1.54) is 35.6 Å². The van der Waals surface area contributed by atoms with Crippen LogP contribution in [0.3, 0.4) is 0 Å². The molecule has 1 fully saturated rings. The minimum absolute atomic E-state index is 0.159. The number of carbonyl (C=O) groups excluding carboxylic acids is 1. The Morgan fingerprint density at radius 3 is 2.69 bits per heavy atom. The van der Waals surface area contributed by atoms with Crippen molar-refractivity contribution in [2.75, 3.05) is 6.54 Å². The Bertz CT molecular complexity index is 1050. The number of nitrogens with zero attached hydrogens (tertiary/aromatic N) is 1. The molecule has 1 saturated carbocycles. The van der Waals surface area contributed by atoms with Crippen molar-refractivity contribution in [1.29, 1.82) is 0 Å². The molecule has 0 aliphatic heterocycles. The fraction of sp³-hybridized carbons (Fsp3) is 0.238. The molecule has 3 aromatic rings. The molecule has 1 amide bonds. The number of halogens is 3. The van der Waals surface area contributed by atoms with Crippen molar-refractivity contribution < 1.29 is 22.7 Å². The van der Waals surface area contributed by atoms with Crippen LogP contribution >= 0.6 is 11.3 Å². The first-order chi connectivity index (χ1) is 14.0. The minimum Gasteiger partial charge on any atom is -0.489 e. The molecule has 150 valence electrons. The van der Waals surface area contributed by atoms with Gasteiger partial charge in [0.05, 0.1) is 0 Å². The zero-order chi connectivity index (χ0) is 20.4. The van der Waals surface area contributed by atoms with E-state index in [2.05, 4.69) is 10.3 Å². The van der Waals surface area contributed by atoms with Gasteiger partial charge in [-0.2, -0.15) is 0 Å². The summed E-state index contributed by atoms with van der Waals surface area (Å²) in [7, 11) is 0. The Morgan fingerprint density at radius 2 is 1.97 bits per heavy atom. The number of carbonyl (C=O) groups is 1. The van der Waals surface area contributed by atoms with E-state index in [0.717, 1.165) is 25.0 Å². The molecule has 1 aliphatic carbocycles. The van der Waals surface area contributed by atoms with Gasteiger partial charge in [0.1, 0.15) is 40.5 Å². The van der Waals surface area contributed by atoms with E-state index in [1.807, 2.05) is 0 Å². The van der Waals surface area contributed by atoms with Crippen LogP contribution in [0.1, 0.15) is 28.9 Å². The summed E-state index contributed by atoms with van der Waals surface area (Å²) in [5, 5.41) is 4.81. The van der Waals surface area contributed by atoms with Crippen LogP contribution in [0.4, 0.5) is 13.2 Å². The Kier molecular flexibility index (Phi) is 5.53. The van der Waals surface area contributed by atoms with Crippen molar-refractivity contribution in [2.24, 2.45) is 5.92 Å². The third-order valence-electron chi connectivity index (χ3n) is 4.57. The maximum atomic E-state index is 14.5. The number of rotatable bonds is 7. The highest BCUT2D eigenvalue weighted by Gasteiger charge is 2.22. The maximum absolute atomic E-state index is 14.5. The van der Waals surface area contributed by atoms with Crippen LogP contribution < -0.4 is 10.1 Å². The minimum atomic E-state index is -0.725. The number of ether oxygens (including phenoxy) is 1. The predicted octanol–water partition coefficient (Wildman–Crippen LogP) is 4.95. The molecule has 1 aliphatic rings. The van der Waals surface area contributed by atoms with Crippen molar-refractivity contribution in [1.82, 2.24) is 10.3 Å². The van der Waals surface area contributed by atoms with E-state index in [-0.39, 0.29) is 35.1 Å². The molecule has 0 bridgehead atoms. The van der Waals surface area contributed by atoms with Gasteiger partial charge in [-0.15, -0.1) is 11.3 Å². The van der Waals surface area contributed by atoms with E-state index in [9.17, 15) is 18.0 Å². The van der Waals surface area contributed by atoms with Gasteiger partial charge in [-0.25, -0.2) is 18.2 Å². The molecule has 1 N–H and O–H groups in total. The topological polar surface area (TPSA) is 51.2 Å². The number of aromatic nitrogens is 1. The van der Waals surface area contributed by atoms with E-state index >= 15 is 0 Å². The van der Waals surface area contributed by atoms with Crippen LogP contribution in [0.5, 0.6) is 5.75 Å². The number of hydrogen-bond acceptors (Lipinski definition) is 4. The molecule has 0 atom stereocenters. The summed E-state index contributed by atoms with van der Waals surface area (Å²) in [6.07, 6.45) is 2.27. The lowest BCUT2D eigenvalue weighted by molar-refractivity contribution is 0.0947. The Morgan fingerprint density at radius 1 is 1.14 bits per heavy atom. The fourth-order valence-corrected chi connectivity index (χ4v) is 3.54. The lowest BCUT2D eigenvalue weighted by Crippen LogP contribution is -2.25. The highest BCUT2D eigenvalue weighted by atomic mass is 32.1. The predicted molar refractivity (Wildman–Crippen MR) is 103 cm³/mol. The van der Waals surface area contributed by atoms with Gasteiger partial charge in [0.15, 0.2) is 0 Å². The third-order valence-corrected chi connectivity index (χ3v) is 5.44. The number of nitrogens with one attached hydrogen (secondary N) is 1. The summed E-state index contributed by atoms with van der Waals surface area (Å²) in [4.78, 5) is 16.3. The lowest BCUT2D eigenvalue weighted by Gasteiger charge is -2.08. The molecule has 29 heavy (non-hydrogen) atoms. The highest BCUT2D eigenvalue weighted by Crippen LogP contribution is 2.30. The molecule has 4 nitrogen and oxygen atoms in total. The fourth-order valence-electron chi connectivity index (χ4n) is 2.71. The van der Waals surface area contributed by atoms with E-state index in [4.69, 9.17) is 4.74 Å². The van der Waals surface area contributed by atoms with Gasteiger partial charge < -0.3 is 10.1 Å². The average molecular weight is 418 g/mol. The van der Waals surface area contributed by atoms with Gasteiger partial charge in [-0.1, -0.05) is 0 Å². The van der Waals surface area contributed by atoms with Crippen LogP contribution in [-0.4, -0.2) is 17.4 Å². The van der Waals surface area contributed by atoms with Crippen molar-refractivity contribution in [2.45, 2.75) is 19.4 Å². The van der Waals surface area contributed by atoms with Crippen LogP contribution in [0.2, 0.25) is 0 Å². The summed E-state index contributed by atoms with van der Waals surface area (Å²) in [6, 6.07) is 7.38. The van der Waals surface area contributed by atoms with E-state index in [1.54, 1.807) is 5.38 Å². The molecule has 1 heterocycles. The van der Waals surface area contributed by atoms with Gasteiger partial charge in [0.2, 0.25) is 0 Å². The third kappa shape index (κ3) is 4.76. The molecule has 8 heteroatoms. The van der Waals surface area contributed by atoms with Crippen LogP contribution in [-0.2, 0) is 6.61 Å². The summed E-state index contributed by atoms with van der Waals surface area (Å²) >= 11 is 1.18.